The topological polar surface area (TPSA) is 75.7 Å². The first-order valence-corrected chi connectivity index (χ1v) is 8.10. The lowest BCUT2D eigenvalue weighted by Gasteiger charge is -2.09. The van der Waals surface area contributed by atoms with Crippen molar-refractivity contribution in [3.05, 3.63) is 70.8 Å². The van der Waals surface area contributed by atoms with Gasteiger partial charge in [0.15, 0.2) is 0 Å². The van der Waals surface area contributed by atoms with Gasteiger partial charge in [0, 0.05) is 17.8 Å². The van der Waals surface area contributed by atoms with Crippen LogP contribution in [0.1, 0.15) is 31.1 Å². The number of carbonyl (C=O) groups is 3. The van der Waals surface area contributed by atoms with Crippen LogP contribution in [-0.4, -0.2) is 36.3 Å². The highest BCUT2D eigenvalue weighted by molar-refractivity contribution is 6.32. The van der Waals surface area contributed by atoms with Gasteiger partial charge in [-0.2, -0.15) is 0 Å². The summed E-state index contributed by atoms with van der Waals surface area (Å²) in [5, 5.41) is 3.06. The van der Waals surface area contributed by atoms with Crippen LogP contribution in [-0.2, 0) is 0 Å². The van der Waals surface area contributed by atoms with Gasteiger partial charge in [-0.05, 0) is 36.4 Å². The molecule has 6 nitrogen and oxygen atoms in total. The summed E-state index contributed by atoms with van der Waals surface area (Å²) < 4.78 is 5.07. The number of amides is 3. The number of benzene rings is 2. The van der Waals surface area contributed by atoms with Crippen LogP contribution in [0.5, 0.6) is 5.75 Å². The van der Waals surface area contributed by atoms with Gasteiger partial charge in [-0.15, -0.1) is 6.58 Å². The second-order valence-corrected chi connectivity index (χ2v) is 5.98. The Morgan fingerprint density at radius 3 is 2.58 bits per heavy atom. The fourth-order valence-corrected chi connectivity index (χ4v) is 2.93. The minimum atomic E-state index is -0.438. The van der Waals surface area contributed by atoms with Crippen LogP contribution in [0.25, 0.3) is 0 Å². The number of ether oxygens (including phenoxy) is 1. The maximum absolute atomic E-state index is 12.5. The SMILES string of the molecule is C=CCN1C(=O)c2ccc(C(=O)Nc3ccc(OC)c(Cl)c3)cc2C1=O. The van der Waals surface area contributed by atoms with Crippen molar-refractivity contribution in [2.45, 2.75) is 0 Å². The number of nitrogens with zero attached hydrogens (tertiary/aromatic N) is 1. The van der Waals surface area contributed by atoms with E-state index < -0.39 is 17.7 Å². The molecule has 26 heavy (non-hydrogen) atoms. The molecule has 3 rings (SSSR count). The Morgan fingerprint density at radius 1 is 1.19 bits per heavy atom. The average molecular weight is 371 g/mol. The number of carbonyl (C=O) groups excluding carboxylic acids is 3. The highest BCUT2D eigenvalue weighted by Crippen LogP contribution is 2.28. The van der Waals surface area contributed by atoms with Gasteiger partial charge in [0.1, 0.15) is 5.75 Å². The number of rotatable bonds is 5. The Labute approximate surface area is 155 Å². The largest absolute Gasteiger partial charge is 0.495 e. The van der Waals surface area contributed by atoms with Gasteiger partial charge in [0.05, 0.1) is 23.3 Å². The maximum atomic E-state index is 12.5. The van der Waals surface area contributed by atoms with Crippen molar-refractivity contribution >= 4 is 35.0 Å². The Kier molecular flexibility index (Phi) is 4.77. The summed E-state index contributed by atoms with van der Waals surface area (Å²) in [6.45, 7) is 3.66. The number of imide groups is 1. The van der Waals surface area contributed by atoms with E-state index in [9.17, 15) is 14.4 Å². The van der Waals surface area contributed by atoms with Crippen molar-refractivity contribution in [2.24, 2.45) is 0 Å². The van der Waals surface area contributed by atoms with Crippen molar-refractivity contribution in [3.8, 4) is 5.75 Å². The molecule has 2 aromatic rings. The van der Waals surface area contributed by atoms with Gasteiger partial charge in [-0.1, -0.05) is 17.7 Å². The third-order valence-corrected chi connectivity index (χ3v) is 4.25. The molecule has 0 fully saturated rings. The monoisotopic (exact) mass is 370 g/mol. The summed E-state index contributed by atoms with van der Waals surface area (Å²) in [5.41, 5.74) is 1.23. The molecule has 0 atom stereocenters. The summed E-state index contributed by atoms with van der Waals surface area (Å²) in [5.74, 6) is -0.754. The van der Waals surface area contributed by atoms with Crippen molar-refractivity contribution in [1.82, 2.24) is 4.90 Å². The first kappa shape index (κ1) is 17.7. The summed E-state index contributed by atoms with van der Waals surface area (Å²) >= 11 is 6.04. The predicted octanol–water partition coefficient (Wildman–Crippen LogP) is 3.38. The van der Waals surface area contributed by atoms with Crippen molar-refractivity contribution in [1.29, 1.82) is 0 Å². The molecule has 0 spiro atoms. The number of hydrogen-bond acceptors (Lipinski definition) is 4. The number of anilines is 1. The molecule has 0 aromatic heterocycles. The number of fused-ring (bicyclic) bond motifs is 1. The van der Waals surface area contributed by atoms with E-state index in [1.807, 2.05) is 0 Å². The van der Waals surface area contributed by atoms with Crippen LogP contribution in [0, 0.1) is 0 Å². The third kappa shape index (κ3) is 3.07. The van der Waals surface area contributed by atoms with E-state index in [1.54, 1.807) is 18.2 Å². The standard InChI is InChI=1S/C19H15ClN2O4/c1-3-8-22-18(24)13-6-4-11(9-14(13)19(22)25)17(23)21-12-5-7-16(26-2)15(20)10-12/h3-7,9-10H,1,8H2,2H3,(H,21,23). The molecule has 7 heteroatoms. The molecular weight excluding hydrogens is 356 g/mol. The average Bonchev–Trinajstić information content (AvgIpc) is 2.87. The fraction of sp³-hybridized carbons (Fsp3) is 0.105. The minimum Gasteiger partial charge on any atom is -0.495 e. The van der Waals surface area contributed by atoms with E-state index in [0.717, 1.165) is 4.90 Å². The van der Waals surface area contributed by atoms with Gasteiger partial charge in [0.2, 0.25) is 0 Å². The van der Waals surface area contributed by atoms with Crippen LogP contribution >= 0.6 is 11.6 Å². The Balaban J connectivity index is 1.84. The maximum Gasteiger partial charge on any atom is 0.261 e. The molecule has 0 saturated heterocycles. The number of halogens is 1. The molecule has 1 aliphatic heterocycles. The zero-order valence-corrected chi connectivity index (χ0v) is 14.7. The number of hydrogen-bond donors (Lipinski definition) is 1. The lowest BCUT2D eigenvalue weighted by molar-refractivity contribution is 0.0672. The predicted molar refractivity (Wildman–Crippen MR) is 98.0 cm³/mol. The molecule has 3 amide bonds. The molecule has 2 aromatic carbocycles. The van der Waals surface area contributed by atoms with Gasteiger partial charge in [-0.3, -0.25) is 19.3 Å². The molecule has 0 unspecified atom stereocenters. The molecule has 1 aliphatic rings. The molecule has 1 heterocycles. The van der Waals surface area contributed by atoms with Gasteiger partial charge < -0.3 is 10.1 Å². The normalized spacial score (nSPS) is 12.8. The highest BCUT2D eigenvalue weighted by Gasteiger charge is 2.35. The summed E-state index contributed by atoms with van der Waals surface area (Å²) in [7, 11) is 1.50. The molecule has 132 valence electrons. The van der Waals surface area contributed by atoms with Crippen LogP contribution in [0.15, 0.2) is 49.1 Å². The number of methoxy groups -OCH3 is 1. The van der Waals surface area contributed by atoms with Crippen molar-refractivity contribution in [3.63, 3.8) is 0 Å². The summed E-state index contributed by atoms with van der Waals surface area (Å²) in [6, 6.07) is 9.24. The Morgan fingerprint density at radius 2 is 1.92 bits per heavy atom. The molecule has 0 saturated carbocycles. The smallest absolute Gasteiger partial charge is 0.261 e. The van der Waals surface area contributed by atoms with E-state index in [4.69, 9.17) is 16.3 Å². The third-order valence-electron chi connectivity index (χ3n) is 3.95. The van der Waals surface area contributed by atoms with Crippen LogP contribution in [0.4, 0.5) is 5.69 Å². The first-order chi connectivity index (χ1) is 12.5. The lowest BCUT2D eigenvalue weighted by Crippen LogP contribution is -2.29. The van der Waals surface area contributed by atoms with Crippen LogP contribution in [0.2, 0.25) is 5.02 Å². The second kappa shape index (κ2) is 7.01. The molecule has 0 bridgehead atoms. The fourth-order valence-electron chi connectivity index (χ4n) is 2.67. The minimum absolute atomic E-state index is 0.123. The number of nitrogens with one attached hydrogen (secondary N) is 1. The van der Waals surface area contributed by atoms with Gasteiger partial charge in [0.25, 0.3) is 17.7 Å². The Hall–Kier alpha value is -3.12. The van der Waals surface area contributed by atoms with E-state index in [2.05, 4.69) is 11.9 Å². The van der Waals surface area contributed by atoms with E-state index in [0.29, 0.717) is 16.5 Å². The van der Waals surface area contributed by atoms with Gasteiger partial charge in [-0.25, -0.2) is 0 Å². The van der Waals surface area contributed by atoms with Crippen molar-refractivity contribution in [2.75, 3.05) is 19.0 Å². The molecule has 0 radical (unpaired) electrons. The lowest BCUT2D eigenvalue weighted by atomic mass is 10.1. The van der Waals surface area contributed by atoms with E-state index in [-0.39, 0.29) is 23.2 Å². The zero-order chi connectivity index (χ0) is 18.8. The summed E-state index contributed by atoms with van der Waals surface area (Å²) in [4.78, 5) is 38.1. The highest BCUT2D eigenvalue weighted by atomic mass is 35.5. The van der Waals surface area contributed by atoms with Crippen LogP contribution in [0.3, 0.4) is 0 Å². The second-order valence-electron chi connectivity index (χ2n) is 5.57. The van der Waals surface area contributed by atoms with Gasteiger partial charge >= 0.3 is 0 Å². The van der Waals surface area contributed by atoms with Crippen LogP contribution < -0.4 is 10.1 Å². The zero-order valence-electron chi connectivity index (χ0n) is 13.9. The first-order valence-electron chi connectivity index (χ1n) is 7.72. The molecular formula is C19H15ClN2O4. The summed E-state index contributed by atoms with van der Waals surface area (Å²) in [6.07, 6.45) is 1.47. The molecule has 0 aliphatic carbocycles. The quantitative estimate of drug-likeness (QED) is 0.646. The van der Waals surface area contributed by atoms with E-state index in [1.165, 1.54) is 31.4 Å². The van der Waals surface area contributed by atoms with Crippen molar-refractivity contribution < 1.29 is 19.1 Å². The molecule has 1 N–H and O–H groups in total. The van der Waals surface area contributed by atoms with E-state index >= 15 is 0 Å². The Bertz CT molecular complexity index is 939.